The average Bonchev–Trinajstić information content (AvgIpc) is 2.65. The van der Waals surface area contributed by atoms with Gasteiger partial charge in [-0.05, 0) is 12.8 Å². The van der Waals surface area contributed by atoms with E-state index in [-0.39, 0.29) is 5.91 Å². The van der Waals surface area contributed by atoms with Gasteiger partial charge in [-0.3, -0.25) is 9.69 Å². The summed E-state index contributed by atoms with van der Waals surface area (Å²) in [6, 6.07) is 2.05. The maximum Gasteiger partial charge on any atom is 0.255 e. The lowest BCUT2D eigenvalue weighted by Crippen LogP contribution is -2.36. The third-order valence-electron chi connectivity index (χ3n) is 2.54. The number of rotatable bonds is 1. The number of nitrogens with zero attached hydrogens (tertiary/aromatic N) is 3. The lowest BCUT2D eigenvalue weighted by molar-refractivity contribution is -0.134. The molecular weight excluding hydrogens is 166 g/mol. The largest absolute Gasteiger partial charge is 0.272 e. The van der Waals surface area contributed by atoms with Gasteiger partial charge in [0.2, 0.25) is 0 Å². The van der Waals surface area contributed by atoms with Crippen molar-refractivity contribution in [2.75, 3.05) is 7.05 Å². The maximum atomic E-state index is 11.6. The molecule has 0 saturated heterocycles. The van der Waals surface area contributed by atoms with Crippen LogP contribution < -0.4 is 0 Å². The van der Waals surface area contributed by atoms with Crippen LogP contribution in [0.15, 0.2) is 0 Å². The Kier molecular flexibility index (Phi) is 2.53. The first kappa shape index (κ1) is 9.54. The third-order valence-corrected chi connectivity index (χ3v) is 2.54. The van der Waals surface area contributed by atoms with Crippen molar-refractivity contribution < 1.29 is 4.79 Å². The molecule has 0 aromatic rings. The van der Waals surface area contributed by atoms with Gasteiger partial charge in [-0.2, -0.15) is 10.5 Å². The third kappa shape index (κ3) is 1.48. The Morgan fingerprint density at radius 1 is 1.38 bits per heavy atom. The normalized spacial score (nSPS) is 18.7. The van der Waals surface area contributed by atoms with Crippen LogP contribution in [-0.2, 0) is 4.79 Å². The van der Waals surface area contributed by atoms with E-state index in [1.54, 1.807) is 6.19 Å². The van der Waals surface area contributed by atoms with Crippen molar-refractivity contribution in [2.24, 2.45) is 5.41 Å². The summed E-state index contributed by atoms with van der Waals surface area (Å²) in [5, 5.41) is 17.4. The van der Waals surface area contributed by atoms with Crippen molar-refractivity contribution in [2.45, 2.75) is 25.7 Å². The first-order valence-corrected chi connectivity index (χ1v) is 4.25. The van der Waals surface area contributed by atoms with Gasteiger partial charge in [-0.25, -0.2) is 0 Å². The minimum absolute atomic E-state index is 0.352. The van der Waals surface area contributed by atoms with Crippen molar-refractivity contribution in [1.29, 1.82) is 10.5 Å². The Hall–Kier alpha value is -1.55. The van der Waals surface area contributed by atoms with E-state index in [1.807, 2.05) is 0 Å². The van der Waals surface area contributed by atoms with Gasteiger partial charge in [0.25, 0.3) is 5.91 Å². The van der Waals surface area contributed by atoms with Gasteiger partial charge < -0.3 is 0 Å². The molecular formula is C9H11N3O. The highest BCUT2D eigenvalue weighted by atomic mass is 16.2. The molecule has 0 aromatic heterocycles. The lowest BCUT2D eigenvalue weighted by atomic mass is 9.86. The molecule has 0 N–H and O–H groups in total. The van der Waals surface area contributed by atoms with Crippen LogP contribution in [0.3, 0.4) is 0 Å². The molecule has 1 saturated carbocycles. The second-order valence-electron chi connectivity index (χ2n) is 3.37. The van der Waals surface area contributed by atoms with Crippen LogP contribution in [0.4, 0.5) is 0 Å². The van der Waals surface area contributed by atoms with Crippen molar-refractivity contribution >= 4 is 5.91 Å². The van der Waals surface area contributed by atoms with Crippen molar-refractivity contribution in [3.8, 4) is 12.3 Å². The molecule has 0 unspecified atom stereocenters. The number of amides is 1. The van der Waals surface area contributed by atoms with Crippen LogP contribution >= 0.6 is 0 Å². The SMILES string of the molecule is CN(C#N)C(=O)C1(C#N)CCCC1. The summed E-state index contributed by atoms with van der Waals surface area (Å²) in [6.07, 6.45) is 4.72. The molecule has 1 aliphatic rings. The highest BCUT2D eigenvalue weighted by Gasteiger charge is 2.43. The average molecular weight is 177 g/mol. The van der Waals surface area contributed by atoms with Crippen LogP contribution in [0.1, 0.15) is 25.7 Å². The molecule has 0 bridgehead atoms. The molecule has 1 aliphatic carbocycles. The molecule has 4 heteroatoms. The zero-order valence-electron chi connectivity index (χ0n) is 7.58. The number of carbonyl (C=O) groups is 1. The van der Waals surface area contributed by atoms with E-state index in [1.165, 1.54) is 7.05 Å². The van der Waals surface area contributed by atoms with E-state index in [2.05, 4.69) is 6.07 Å². The topological polar surface area (TPSA) is 67.9 Å². The summed E-state index contributed by atoms with van der Waals surface area (Å²) in [5.74, 6) is -0.352. The quantitative estimate of drug-likeness (QED) is 0.443. The minimum atomic E-state index is -0.912. The fourth-order valence-electron chi connectivity index (χ4n) is 1.72. The van der Waals surface area contributed by atoms with Gasteiger partial charge in [0.1, 0.15) is 5.41 Å². The van der Waals surface area contributed by atoms with Crippen molar-refractivity contribution in [3.63, 3.8) is 0 Å². The van der Waals surface area contributed by atoms with Crippen LogP contribution in [0.25, 0.3) is 0 Å². The van der Waals surface area contributed by atoms with Gasteiger partial charge in [0.15, 0.2) is 6.19 Å². The van der Waals surface area contributed by atoms with Gasteiger partial charge in [0, 0.05) is 7.05 Å². The van der Waals surface area contributed by atoms with Crippen molar-refractivity contribution in [1.82, 2.24) is 4.90 Å². The highest BCUT2D eigenvalue weighted by Crippen LogP contribution is 2.38. The maximum absolute atomic E-state index is 11.6. The molecule has 68 valence electrons. The van der Waals surface area contributed by atoms with E-state index in [0.29, 0.717) is 12.8 Å². The lowest BCUT2D eigenvalue weighted by Gasteiger charge is -2.20. The predicted octanol–water partition coefficient (Wildman–Crippen LogP) is 1.01. The highest BCUT2D eigenvalue weighted by molar-refractivity contribution is 5.86. The van der Waals surface area contributed by atoms with E-state index in [9.17, 15) is 4.79 Å². The van der Waals surface area contributed by atoms with Crippen LogP contribution in [-0.4, -0.2) is 17.9 Å². The van der Waals surface area contributed by atoms with E-state index in [4.69, 9.17) is 10.5 Å². The zero-order valence-corrected chi connectivity index (χ0v) is 7.58. The standard InChI is InChI=1S/C9H11N3O/c1-12(7-11)8(13)9(6-10)4-2-3-5-9/h2-5H2,1H3. The molecule has 0 spiro atoms. The Morgan fingerprint density at radius 2 is 1.92 bits per heavy atom. The van der Waals surface area contributed by atoms with E-state index >= 15 is 0 Å². The first-order valence-electron chi connectivity index (χ1n) is 4.25. The molecule has 4 nitrogen and oxygen atoms in total. The summed E-state index contributed by atoms with van der Waals surface area (Å²) in [4.78, 5) is 12.6. The molecule has 0 aliphatic heterocycles. The summed E-state index contributed by atoms with van der Waals surface area (Å²) >= 11 is 0. The van der Waals surface area contributed by atoms with E-state index < -0.39 is 5.41 Å². The van der Waals surface area contributed by atoms with Crippen LogP contribution in [0.2, 0.25) is 0 Å². The summed E-state index contributed by atoms with van der Waals surface area (Å²) < 4.78 is 0. The molecule has 0 heterocycles. The summed E-state index contributed by atoms with van der Waals surface area (Å²) in [6.45, 7) is 0. The number of carbonyl (C=O) groups excluding carboxylic acids is 1. The van der Waals surface area contributed by atoms with Crippen LogP contribution in [0.5, 0.6) is 0 Å². The molecule has 1 amide bonds. The number of hydrogen-bond donors (Lipinski definition) is 0. The van der Waals surface area contributed by atoms with Crippen LogP contribution in [0, 0.1) is 28.2 Å². The first-order chi connectivity index (χ1) is 6.16. The van der Waals surface area contributed by atoms with Crippen molar-refractivity contribution in [3.05, 3.63) is 0 Å². The van der Waals surface area contributed by atoms with E-state index in [0.717, 1.165) is 17.7 Å². The van der Waals surface area contributed by atoms with Gasteiger partial charge >= 0.3 is 0 Å². The molecule has 0 atom stereocenters. The molecule has 13 heavy (non-hydrogen) atoms. The van der Waals surface area contributed by atoms with Gasteiger partial charge in [-0.1, -0.05) is 12.8 Å². The molecule has 0 aromatic carbocycles. The zero-order chi connectivity index (χ0) is 9.90. The number of nitriles is 2. The number of hydrogen-bond acceptors (Lipinski definition) is 3. The Morgan fingerprint density at radius 3 is 2.31 bits per heavy atom. The smallest absolute Gasteiger partial charge is 0.255 e. The molecule has 1 rings (SSSR count). The Balaban J connectivity index is 2.86. The fourth-order valence-corrected chi connectivity index (χ4v) is 1.72. The molecule has 0 radical (unpaired) electrons. The second-order valence-corrected chi connectivity index (χ2v) is 3.37. The summed E-state index contributed by atoms with van der Waals surface area (Å²) in [5.41, 5.74) is -0.912. The molecule has 1 fully saturated rings. The fraction of sp³-hybridized carbons (Fsp3) is 0.667. The minimum Gasteiger partial charge on any atom is -0.272 e. The monoisotopic (exact) mass is 177 g/mol. The predicted molar refractivity (Wildman–Crippen MR) is 44.9 cm³/mol. The second kappa shape index (κ2) is 3.45. The Labute approximate surface area is 77.4 Å². The van der Waals surface area contributed by atoms with Gasteiger partial charge in [-0.15, -0.1) is 0 Å². The Bertz CT molecular complexity index is 291. The summed E-state index contributed by atoms with van der Waals surface area (Å²) in [7, 11) is 1.40. The van der Waals surface area contributed by atoms with Gasteiger partial charge in [0.05, 0.1) is 6.07 Å².